The number of hydrogen-bond donors (Lipinski definition) is 0. The summed E-state index contributed by atoms with van der Waals surface area (Å²) in [5.41, 5.74) is 0.0151. The molecule has 0 aliphatic rings. The fourth-order valence-corrected chi connectivity index (χ4v) is 1.12. The highest BCUT2D eigenvalue weighted by atomic mass is 19.1. The SMILES string of the molecule is Cc1c(F)cc(CC=O)cc1[N+](=O)[O-]. The van der Waals surface area contributed by atoms with E-state index in [2.05, 4.69) is 0 Å². The molecule has 0 radical (unpaired) electrons. The van der Waals surface area contributed by atoms with Crippen LogP contribution in [0.3, 0.4) is 0 Å². The maximum atomic E-state index is 13.1. The summed E-state index contributed by atoms with van der Waals surface area (Å²) in [5, 5.41) is 10.5. The van der Waals surface area contributed by atoms with Crippen LogP contribution in [0, 0.1) is 22.9 Å². The molecule has 0 amide bonds. The van der Waals surface area contributed by atoms with E-state index in [0.717, 1.165) is 6.07 Å². The Balaban J connectivity index is 3.27. The molecule has 0 atom stereocenters. The second-order valence-corrected chi connectivity index (χ2v) is 2.85. The molecule has 1 aromatic rings. The van der Waals surface area contributed by atoms with Gasteiger partial charge in [0, 0.05) is 12.5 Å². The van der Waals surface area contributed by atoms with E-state index < -0.39 is 10.7 Å². The molecule has 1 aromatic carbocycles. The van der Waals surface area contributed by atoms with Crippen LogP contribution in [0.15, 0.2) is 12.1 Å². The first-order valence-corrected chi connectivity index (χ1v) is 3.93. The second kappa shape index (κ2) is 3.95. The molecule has 0 aliphatic heterocycles. The van der Waals surface area contributed by atoms with E-state index >= 15 is 0 Å². The summed E-state index contributed by atoms with van der Waals surface area (Å²) in [6.45, 7) is 1.33. The van der Waals surface area contributed by atoms with Gasteiger partial charge in [-0.25, -0.2) is 4.39 Å². The predicted octanol–water partition coefficient (Wildman–Crippen LogP) is 1.78. The maximum Gasteiger partial charge on any atom is 0.275 e. The highest BCUT2D eigenvalue weighted by molar-refractivity contribution is 5.57. The van der Waals surface area contributed by atoms with Crippen molar-refractivity contribution >= 4 is 12.0 Å². The zero-order chi connectivity index (χ0) is 10.7. The third kappa shape index (κ3) is 1.93. The first kappa shape index (κ1) is 10.3. The molecule has 0 spiro atoms. The monoisotopic (exact) mass is 197 g/mol. The lowest BCUT2D eigenvalue weighted by molar-refractivity contribution is -0.385. The zero-order valence-corrected chi connectivity index (χ0v) is 7.49. The average Bonchev–Trinajstić information content (AvgIpc) is 2.11. The Morgan fingerprint density at radius 2 is 2.21 bits per heavy atom. The van der Waals surface area contributed by atoms with Crippen LogP contribution < -0.4 is 0 Å². The molecule has 0 unspecified atom stereocenters. The smallest absolute Gasteiger partial charge is 0.275 e. The summed E-state index contributed by atoms with van der Waals surface area (Å²) in [5.74, 6) is -0.656. The highest BCUT2D eigenvalue weighted by Gasteiger charge is 2.15. The van der Waals surface area contributed by atoms with Gasteiger partial charge in [-0.15, -0.1) is 0 Å². The molecule has 0 saturated carbocycles. The number of hydrogen-bond acceptors (Lipinski definition) is 3. The molecule has 0 N–H and O–H groups in total. The molecule has 0 aromatic heterocycles. The Bertz CT molecular complexity index is 390. The lowest BCUT2D eigenvalue weighted by Crippen LogP contribution is -1.97. The van der Waals surface area contributed by atoms with Crippen molar-refractivity contribution < 1.29 is 14.1 Å². The van der Waals surface area contributed by atoms with Crippen molar-refractivity contribution in [2.24, 2.45) is 0 Å². The van der Waals surface area contributed by atoms with Crippen LogP contribution in [0.5, 0.6) is 0 Å². The second-order valence-electron chi connectivity index (χ2n) is 2.85. The minimum atomic E-state index is -0.660. The summed E-state index contributed by atoms with van der Waals surface area (Å²) < 4.78 is 13.1. The van der Waals surface area contributed by atoms with Crippen LogP contribution in [0.2, 0.25) is 0 Å². The fraction of sp³-hybridized carbons (Fsp3) is 0.222. The standard InChI is InChI=1S/C9H8FNO3/c1-6-8(10)4-7(2-3-12)5-9(6)11(13)14/h3-5H,2H2,1H3. The van der Waals surface area contributed by atoms with Gasteiger partial charge >= 0.3 is 0 Å². The van der Waals surface area contributed by atoms with Crippen molar-refractivity contribution in [2.75, 3.05) is 0 Å². The van der Waals surface area contributed by atoms with Gasteiger partial charge in [0.1, 0.15) is 12.1 Å². The number of benzene rings is 1. The average molecular weight is 197 g/mol. The lowest BCUT2D eigenvalue weighted by Gasteiger charge is -2.01. The Morgan fingerprint density at radius 3 is 2.71 bits per heavy atom. The van der Waals surface area contributed by atoms with Gasteiger partial charge in [0.25, 0.3) is 5.69 Å². The predicted molar refractivity (Wildman–Crippen MR) is 47.6 cm³/mol. The Labute approximate surface area is 79.5 Å². The first-order chi connectivity index (χ1) is 6.56. The van der Waals surface area contributed by atoms with Gasteiger partial charge in [-0.1, -0.05) is 0 Å². The van der Waals surface area contributed by atoms with Crippen LogP contribution in [0.1, 0.15) is 11.1 Å². The molecule has 0 bridgehead atoms. The van der Waals surface area contributed by atoms with Crippen LogP contribution in [0.25, 0.3) is 0 Å². The number of rotatable bonds is 3. The quantitative estimate of drug-likeness (QED) is 0.421. The van der Waals surface area contributed by atoms with Crippen molar-refractivity contribution in [2.45, 2.75) is 13.3 Å². The summed E-state index contributed by atoms with van der Waals surface area (Å²) >= 11 is 0. The molecule has 1 rings (SSSR count). The molecule has 14 heavy (non-hydrogen) atoms. The highest BCUT2D eigenvalue weighted by Crippen LogP contribution is 2.22. The van der Waals surface area contributed by atoms with Crippen LogP contribution in [-0.2, 0) is 11.2 Å². The summed E-state index contributed by atoms with van der Waals surface area (Å²) in [6, 6.07) is 2.35. The molecule has 4 nitrogen and oxygen atoms in total. The summed E-state index contributed by atoms with van der Waals surface area (Å²) in [4.78, 5) is 20.0. The van der Waals surface area contributed by atoms with E-state index in [4.69, 9.17) is 0 Å². The van der Waals surface area contributed by atoms with Gasteiger partial charge < -0.3 is 4.79 Å². The Hall–Kier alpha value is -1.78. The van der Waals surface area contributed by atoms with Gasteiger partial charge in [0.2, 0.25) is 0 Å². The summed E-state index contributed by atoms with van der Waals surface area (Å²) in [7, 11) is 0. The minimum absolute atomic E-state index is 0.00958. The zero-order valence-electron chi connectivity index (χ0n) is 7.49. The first-order valence-electron chi connectivity index (χ1n) is 3.93. The number of nitro benzene ring substituents is 1. The number of nitrogens with zero attached hydrogens (tertiary/aromatic N) is 1. The van der Waals surface area contributed by atoms with Crippen molar-refractivity contribution in [3.63, 3.8) is 0 Å². The molecule has 0 saturated heterocycles. The van der Waals surface area contributed by atoms with E-state index in [1.165, 1.54) is 13.0 Å². The fourth-order valence-electron chi connectivity index (χ4n) is 1.12. The maximum absolute atomic E-state index is 13.1. The van der Waals surface area contributed by atoms with E-state index in [1.54, 1.807) is 0 Å². The van der Waals surface area contributed by atoms with Gasteiger partial charge in [-0.2, -0.15) is 0 Å². The van der Waals surface area contributed by atoms with Gasteiger partial charge in [0.05, 0.1) is 10.5 Å². The lowest BCUT2D eigenvalue weighted by atomic mass is 10.1. The normalized spacial score (nSPS) is 9.86. The molecule has 0 fully saturated rings. The molecule has 5 heteroatoms. The van der Waals surface area contributed by atoms with Crippen molar-refractivity contribution in [1.82, 2.24) is 0 Å². The van der Waals surface area contributed by atoms with Crippen molar-refractivity contribution in [3.05, 3.63) is 39.2 Å². The number of carbonyl (C=O) groups excluding carboxylic acids is 1. The summed E-state index contributed by atoms with van der Waals surface area (Å²) in [6.07, 6.45) is 0.561. The number of carbonyl (C=O) groups is 1. The van der Waals surface area contributed by atoms with E-state index in [9.17, 15) is 19.3 Å². The largest absolute Gasteiger partial charge is 0.303 e. The van der Waals surface area contributed by atoms with Gasteiger partial charge in [-0.05, 0) is 18.6 Å². The van der Waals surface area contributed by atoms with Crippen LogP contribution >= 0.6 is 0 Å². The van der Waals surface area contributed by atoms with Gasteiger partial charge in [0.15, 0.2) is 0 Å². The Kier molecular flexibility index (Phi) is 2.91. The molecule has 0 heterocycles. The Morgan fingerprint density at radius 1 is 1.57 bits per heavy atom. The van der Waals surface area contributed by atoms with Gasteiger partial charge in [-0.3, -0.25) is 10.1 Å². The molecule has 0 aliphatic carbocycles. The van der Waals surface area contributed by atoms with E-state index in [1.807, 2.05) is 0 Å². The molecule has 74 valence electrons. The molecular formula is C9H8FNO3. The number of halogens is 1. The molecular weight excluding hydrogens is 189 g/mol. The van der Waals surface area contributed by atoms with Crippen molar-refractivity contribution in [3.8, 4) is 0 Å². The third-order valence-electron chi connectivity index (χ3n) is 1.89. The van der Waals surface area contributed by atoms with Crippen LogP contribution in [0.4, 0.5) is 10.1 Å². The van der Waals surface area contributed by atoms with E-state index in [-0.39, 0.29) is 17.7 Å². The topological polar surface area (TPSA) is 60.2 Å². The minimum Gasteiger partial charge on any atom is -0.303 e. The van der Waals surface area contributed by atoms with Crippen LogP contribution in [-0.4, -0.2) is 11.2 Å². The third-order valence-corrected chi connectivity index (χ3v) is 1.89. The van der Waals surface area contributed by atoms with E-state index in [0.29, 0.717) is 11.8 Å². The number of nitro groups is 1. The van der Waals surface area contributed by atoms with Crippen molar-refractivity contribution in [1.29, 1.82) is 0 Å². The number of aldehydes is 1.